The van der Waals surface area contributed by atoms with Crippen molar-refractivity contribution in [3.8, 4) is 0 Å². The number of hydrogen-bond donors (Lipinski definition) is 2. The summed E-state index contributed by atoms with van der Waals surface area (Å²) in [5.41, 5.74) is 0.539. The molecule has 0 spiro atoms. The normalized spacial score (nSPS) is 10.1. The Hall–Kier alpha value is -2.37. The molecule has 2 N–H and O–H groups in total. The van der Waals surface area contributed by atoms with Gasteiger partial charge in [-0.25, -0.2) is 9.97 Å². The number of hydrogen-bond acceptors (Lipinski definition) is 5. The van der Waals surface area contributed by atoms with Crippen LogP contribution in [0.3, 0.4) is 0 Å². The number of carbonyl (C=O) groups is 1. The molecule has 0 saturated carbocycles. The van der Waals surface area contributed by atoms with E-state index in [1.54, 1.807) is 38.5 Å². The summed E-state index contributed by atoms with van der Waals surface area (Å²) in [6.07, 6.45) is 3.20. The van der Waals surface area contributed by atoms with Crippen molar-refractivity contribution < 1.29 is 9.21 Å². The lowest BCUT2D eigenvalue weighted by Crippen LogP contribution is -2.23. The topological polar surface area (TPSA) is 80.0 Å². The van der Waals surface area contributed by atoms with Crippen molar-refractivity contribution in [2.75, 3.05) is 12.4 Å². The van der Waals surface area contributed by atoms with Gasteiger partial charge in [0.05, 0.1) is 12.7 Å². The van der Waals surface area contributed by atoms with Crippen LogP contribution >= 0.6 is 0 Å². The highest BCUT2D eigenvalue weighted by molar-refractivity contribution is 5.94. The van der Waals surface area contributed by atoms with E-state index in [0.717, 1.165) is 5.76 Å². The van der Waals surface area contributed by atoms with Crippen LogP contribution < -0.4 is 10.6 Å². The zero-order chi connectivity index (χ0) is 13.0. The van der Waals surface area contributed by atoms with Crippen LogP contribution in [0.5, 0.6) is 0 Å². The van der Waals surface area contributed by atoms with Gasteiger partial charge in [-0.1, -0.05) is 0 Å². The molecule has 2 heterocycles. The molecule has 18 heavy (non-hydrogen) atoms. The lowest BCUT2D eigenvalue weighted by Gasteiger charge is -2.04. The smallest absolute Gasteiger partial charge is 0.251 e. The Balaban J connectivity index is 1.99. The summed E-state index contributed by atoms with van der Waals surface area (Å²) in [4.78, 5) is 19.9. The molecule has 0 aliphatic carbocycles. The predicted molar refractivity (Wildman–Crippen MR) is 66.2 cm³/mol. The van der Waals surface area contributed by atoms with Crippen LogP contribution in [0.15, 0.2) is 28.9 Å². The minimum absolute atomic E-state index is 0.190. The second kappa shape index (κ2) is 5.31. The summed E-state index contributed by atoms with van der Waals surface area (Å²) in [6, 6.07) is 3.33. The number of nitrogens with zero attached hydrogens (tertiary/aromatic N) is 2. The maximum atomic E-state index is 11.9. The van der Waals surface area contributed by atoms with Crippen LogP contribution in [-0.4, -0.2) is 22.9 Å². The van der Waals surface area contributed by atoms with Crippen LogP contribution in [0.4, 0.5) is 5.82 Å². The molecule has 2 aromatic rings. The summed E-state index contributed by atoms with van der Waals surface area (Å²) in [5, 5.41) is 5.61. The number of aryl methyl sites for hydroxylation is 1. The molecule has 2 aromatic heterocycles. The van der Waals surface area contributed by atoms with E-state index < -0.39 is 0 Å². The molecule has 2 rings (SSSR count). The zero-order valence-corrected chi connectivity index (χ0v) is 10.2. The molecular formula is C12H14N4O2. The minimum Gasteiger partial charge on any atom is -0.444 e. The van der Waals surface area contributed by atoms with Gasteiger partial charge in [-0.2, -0.15) is 0 Å². The number of oxazole rings is 1. The number of amides is 1. The third kappa shape index (κ3) is 2.85. The van der Waals surface area contributed by atoms with E-state index in [2.05, 4.69) is 20.6 Å². The zero-order valence-electron chi connectivity index (χ0n) is 10.2. The number of carbonyl (C=O) groups excluding carboxylic acids is 1. The SMILES string of the molecule is CNc1cc(C(=O)NCc2ncc(C)o2)ccn1. The Morgan fingerprint density at radius 1 is 1.44 bits per heavy atom. The average Bonchev–Trinajstić information content (AvgIpc) is 2.82. The van der Waals surface area contributed by atoms with E-state index in [0.29, 0.717) is 17.3 Å². The van der Waals surface area contributed by atoms with Crippen molar-refractivity contribution in [1.82, 2.24) is 15.3 Å². The van der Waals surface area contributed by atoms with E-state index >= 15 is 0 Å². The molecule has 0 saturated heterocycles. The summed E-state index contributed by atoms with van der Waals surface area (Å²) in [6.45, 7) is 2.07. The molecule has 0 bridgehead atoms. The lowest BCUT2D eigenvalue weighted by atomic mass is 10.2. The first-order valence-corrected chi connectivity index (χ1v) is 5.52. The van der Waals surface area contributed by atoms with Crippen LogP contribution in [0.1, 0.15) is 22.0 Å². The van der Waals surface area contributed by atoms with Crippen molar-refractivity contribution in [3.63, 3.8) is 0 Å². The van der Waals surface area contributed by atoms with Gasteiger partial charge in [0.2, 0.25) is 5.89 Å². The number of nitrogens with one attached hydrogen (secondary N) is 2. The van der Waals surface area contributed by atoms with E-state index in [-0.39, 0.29) is 12.5 Å². The van der Waals surface area contributed by atoms with E-state index in [1.165, 1.54) is 0 Å². The van der Waals surface area contributed by atoms with Crippen molar-refractivity contribution in [2.24, 2.45) is 0 Å². The van der Waals surface area contributed by atoms with Gasteiger partial charge < -0.3 is 15.1 Å². The maximum Gasteiger partial charge on any atom is 0.251 e. The molecule has 6 nitrogen and oxygen atoms in total. The molecule has 0 radical (unpaired) electrons. The molecule has 0 aliphatic rings. The third-order valence-corrected chi connectivity index (χ3v) is 2.35. The largest absolute Gasteiger partial charge is 0.444 e. The fourth-order valence-electron chi connectivity index (χ4n) is 1.45. The molecule has 0 aromatic carbocycles. The predicted octanol–water partition coefficient (Wildman–Crippen LogP) is 1.35. The Kier molecular flexibility index (Phi) is 3.57. The average molecular weight is 246 g/mol. The van der Waals surface area contributed by atoms with Gasteiger partial charge in [0.1, 0.15) is 11.6 Å². The van der Waals surface area contributed by atoms with E-state index in [4.69, 9.17) is 4.42 Å². The number of aromatic nitrogens is 2. The van der Waals surface area contributed by atoms with Crippen molar-refractivity contribution in [3.05, 3.63) is 41.7 Å². The first-order chi connectivity index (χ1) is 8.69. The summed E-state index contributed by atoms with van der Waals surface area (Å²) in [5.74, 6) is 1.67. The van der Waals surface area contributed by atoms with Crippen LogP contribution in [-0.2, 0) is 6.54 Å². The van der Waals surface area contributed by atoms with E-state index in [9.17, 15) is 4.79 Å². The van der Waals surface area contributed by atoms with Crippen LogP contribution in [0, 0.1) is 6.92 Å². The number of anilines is 1. The molecule has 0 aliphatic heterocycles. The fraction of sp³-hybridized carbons (Fsp3) is 0.250. The van der Waals surface area contributed by atoms with Gasteiger partial charge >= 0.3 is 0 Å². The fourth-order valence-corrected chi connectivity index (χ4v) is 1.45. The highest BCUT2D eigenvalue weighted by Gasteiger charge is 2.08. The standard InChI is InChI=1S/C12H14N4O2/c1-8-6-15-11(18-8)7-16-12(17)9-3-4-14-10(5-9)13-2/h3-6H,7H2,1-2H3,(H,13,14)(H,16,17). The second-order valence-electron chi connectivity index (χ2n) is 3.73. The summed E-state index contributed by atoms with van der Waals surface area (Å²) < 4.78 is 5.26. The molecule has 94 valence electrons. The molecule has 0 unspecified atom stereocenters. The Morgan fingerprint density at radius 2 is 2.28 bits per heavy atom. The lowest BCUT2D eigenvalue weighted by molar-refractivity contribution is 0.0947. The van der Waals surface area contributed by atoms with Gasteiger partial charge in [0.25, 0.3) is 5.91 Å². The Bertz CT molecular complexity index is 551. The van der Waals surface area contributed by atoms with E-state index in [1.807, 2.05) is 0 Å². The third-order valence-electron chi connectivity index (χ3n) is 2.35. The minimum atomic E-state index is -0.190. The summed E-state index contributed by atoms with van der Waals surface area (Å²) in [7, 11) is 1.75. The van der Waals surface area contributed by atoms with Crippen molar-refractivity contribution >= 4 is 11.7 Å². The first kappa shape index (κ1) is 12.1. The molecule has 0 fully saturated rings. The molecule has 1 amide bonds. The molecular weight excluding hydrogens is 232 g/mol. The Morgan fingerprint density at radius 3 is 2.94 bits per heavy atom. The van der Waals surface area contributed by atoms with Crippen molar-refractivity contribution in [2.45, 2.75) is 13.5 Å². The highest BCUT2D eigenvalue weighted by atomic mass is 16.4. The monoisotopic (exact) mass is 246 g/mol. The molecule has 0 atom stereocenters. The summed E-state index contributed by atoms with van der Waals surface area (Å²) >= 11 is 0. The molecule has 6 heteroatoms. The van der Waals surface area contributed by atoms with Crippen LogP contribution in [0.25, 0.3) is 0 Å². The van der Waals surface area contributed by atoms with Gasteiger partial charge in [0, 0.05) is 18.8 Å². The van der Waals surface area contributed by atoms with Gasteiger partial charge in [-0.05, 0) is 19.1 Å². The Labute approximate surface area is 104 Å². The quantitative estimate of drug-likeness (QED) is 0.851. The maximum absolute atomic E-state index is 11.9. The number of rotatable bonds is 4. The van der Waals surface area contributed by atoms with Gasteiger partial charge in [0.15, 0.2) is 0 Å². The van der Waals surface area contributed by atoms with Crippen molar-refractivity contribution in [1.29, 1.82) is 0 Å². The highest BCUT2D eigenvalue weighted by Crippen LogP contribution is 2.06. The number of pyridine rings is 1. The van der Waals surface area contributed by atoms with Gasteiger partial charge in [-0.15, -0.1) is 0 Å². The van der Waals surface area contributed by atoms with Gasteiger partial charge in [-0.3, -0.25) is 4.79 Å². The second-order valence-corrected chi connectivity index (χ2v) is 3.73. The first-order valence-electron chi connectivity index (χ1n) is 5.52. The van der Waals surface area contributed by atoms with Crippen LogP contribution in [0.2, 0.25) is 0 Å².